The fourth-order valence-electron chi connectivity index (χ4n) is 2.83. The molecule has 0 aliphatic carbocycles. The van der Waals surface area contributed by atoms with Crippen LogP contribution in [0.3, 0.4) is 0 Å². The highest BCUT2D eigenvalue weighted by atomic mass is 16.7. The molecule has 1 saturated heterocycles. The van der Waals surface area contributed by atoms with Crippen LogP contribution in [0.4, 0.5) is 0 Å². The van der Waals surface area contributed by atoms with Gasteiger partial charge in [0, 0.05) is 17.9 Å². The molecular formula is C19H26O5. The molecular weight excluding hydrogens is 308 g/mol. The van der Waals surface area contributed by atoms with Gasteiger partial charge >= 0.3 is 5.97 Å². The van der Waals surface area contributed by atoms with Gasteiger partial charge in [0.25, 0.3) is 0 Å². The number of carbonyl (C=O) groups is 1. The summed E-state index contributed by atoms with van der Waals surface area (Å²) in [7, 11) is 0. The summed E-state index contributed by atoms with van der Waals surface area (Å²) in [5, 5.41) is 18.8. The third kappa shape index (κ3) is 5.35. The summed E-state index contributed by atoms with van der Waals surface area (Å²) in [5.74, 6) is -1.12. The molecule has 0 spiro atoms. The van der Waals surface area contributed by atoms with E-state index < -0.39 is 11.8 Å². The second-order valence-corrected chi connectivity index (χ2v) is 6.56. The number of carboxylic acids is 1. The van der Waals surface area contributed by atoms with Crippen LogP contribution in [0, 0.1) is 5.92 Å². The number of hydrogen-bond acceptors (Lipinski definition) is 4. The number of carboxylic acid groups (broad SMARTS) is 1. The van der Waals surface area contributed by atoms with Gasteiger partial charge in [-0.1, -0.05) is 30.4 Å². The number of phenols is 1. The quantitative estimate of drug-likeness (QED) is 0.581. The molecule has 0 amide bonds. The van der Waals surface area contributed by atoms with Crippen LogP contribution in [-0.4, -0.2) is 28.6 Å². The molecule has 0 aromatic heterocycles. The molecule has 2 N–H and O–H groups in total. The lowest BCUT2D eigenvalue weighted by atomic mass is 9.91. The van der Waals surface area contributed by atoms with Crippen LogP contribution < -0.4 is 0 Å². The minimum Gasteiger partial charge on any atom is -0.508 e. The zero-order valence-electron chi connectivity index (χ0n) is 14.3. The highest BCUT2D eigenvalue weighted by molar-refractivity contribution is 5.66. The van der Waals surface area contributed by atoms with E-state index in [-0.39, 0.29) is 24.2 Å². The van der Waals surface area contributed by atoms with Crippen LogP contribution in [0.15, 0.2) is 36.4 Å². The van der Waals surface area contributed by atoms with E-state index in [9.17, 15) is 9.90 Å². The number of para-hydroxylation sites is 1. The first-order valence-electron chi connectivity index (χ1n) is 8.35. The van der Waals surface area contributed by atoms with Crippen molar-refractivity contribution in [3.05, 3.63) is 42.0 Å². The summed E-state index contributed by atoms with van der Waals surface area (Å²) in [4.78, 5) is 10.5. The first-order chi connectivity index (χ1) is 11.4. The SMILES string of the molecule is CC1(C)OC[C@@H](CC=CCCCC(=O)O)[C@@H](c2ccccc2O)O1. The summed E-state index contributed by atoms with van der Waals surface area (Å²) < 4.78 is 11.8. The molecule has 1 aromatic rings. The van der Waals surface area contributed by atoms with E-state index in [2.05, 4.69) is 0 Å². The molecule has 24 heavy (non-hydrogen) atoms. The summed E-state index contributed by atoms with van der Waals surface area (Å²) in [6.07, 6.45) is 6.14. The highest BCUT2D eigenvalue weighted by Gasteiger charge is 2.37. The van der Waals surface area contributed by atoms with Gasteiger partial charge in [0.2, 0.25) is 0 Å². The van der Waals surface area contributed by atoms with Crippen molar-refractivity contribution in [3.8, 4) is 5.75 Å². The number of rotatable bonds is 7. The van der Waals surface area contributed by atoms with E-state index in [0.29, 0.717) is 13.0 Å². The van der Waals surface area contributed by atoms with Crippen molar-refractivity contribution >= 4 is 5.97 Å². The highest BCUT2D eigenvalue weighted by Crippen LogP contribution is 2.41. The van der Waals surface area contributed by atoms with Crippen LogP contribution >= 0.6 is 0 Å². The van der Waals surface area contributed by atoms with Gasteiger partial charge in [-0.05, 0) is 39.2 Å². The minimum atomic E-state index is -0.765. The largest absolute Gasteiger partial charge is 0.508 e. The monoisotopic (exact) mass is 334 g/mol. The number of allylic oxidation sites excluding steroid dienone is 2. The lowest BCUT2D eigenvalue weighted by Gasteiger charge is -2.41. The Morgan fingerprint density at radius 2 is 2.08 bits per heavy atom. The number of benzene rings is 1. The van der Waals surface area contributed by atoms with E-state index >= 15 is 0 Å². The average Bonchev–Trinajstić information content (AvgIpc) is 2.51. The molecule has 132 valence electrons. The molecule has 5 heteroatoms. The van der Waals surface area contributed by atoms with Gasteiger partial charge in [-0.15, -0.1) is 0 Å². The standard InChI is InChI=1S/C19H26O5/c1-19(2)23-13-14(9-5-3-4-6-12-17(21)22)18(24-19)15-10-7-8-11-16(15)20/h3,5,7-8,10-11,14,18,20H,4,6,9,12-13H2,1-2H3,(H,21,22)/t14-,18+/m1/s1. The van der Waals surface area contributed by atoms with Crippen molar-refractivity contribution in [1.82, 2.24) is 0 Å². The van der Waals surface area contributed by atoms with E-state index in [0.717, 1.165) is 18.4 Å². The molecule has 0 saturated carbocycles. The average molecular weight is 334 g/mol. The summed E-state index contributed by atoms with van der Waals surface area (Å²) >= 11 is 0. The fraction of sp³-hybridized carbons (Fsp3) is 0.526. The van der Waals surface area contributed by atoms with Crippen molar-refractivity contribution in [2.24, 2.45) is 5.92 Å². The van der Waals surface area contributed by atoms with Gasteiger partial charge < -0.3 is 19.7 Å². The normalized spacial score (nSPS) is 23.4. The smallest absolute Gasteiger partial charge is 0.303 e. The van der Waals surface area contributed by atoms with E-state index in [4.69, 9.17) is 14.6 Å². The zero-order chi connectivity index (χ0) is 17.6. The van der Waals surface area contributed by atoms with Gasteiger partial charge in [-0.2, -0.15) is 0 Å². The van der Waals surface area contributed by atoms with Crippen molar-refractivity contribution in [1.29, 1.82) is 0 Å². The Labute approximate surface area is 142 Å². The predicted octanol–water partition coefficient (Wildman–Crippen LogP) is 4.03. The Morgan fingerprint density at radius 1 is 1.33 bits per heavy atom. The van der Waals surface area contributed by atoms with Crippen molar-refractivity contribution in [2.75, 3.05) is 6.61 Å². The number of hydrogen-bond donors (Lipinski definition) is 2. The van der Waals surface area contributed by atoms with Gasteiger partial charge in [-0.3, -0.25) is 4.79 Å². The zero-order valence-corrected chi connectivity index (χ0v) is 14.3. The molecule has 1 aliphatic heterocycles. The maximum atomic E-state index is 10.5. The molecule has 5 nitrogen and oxygen atoms in total. The molecule has 1 fully saturated rings. The first-order valence-corrected chi connectivity index (χ1v) is 8.35. The van der Waals surface area contributed by atoms with Crippen molar-refractivity contribution in [2.45, 2.75) is 51.4 Å². The van der Waals surface area contributed by atoms with Crippen LogP contribution in [0.2, 0.25) is 0 Å². The van der Waals surface area contributed by atoms with E-state index in [1.54, 1.807) is 12.1 Å². The van der Waals surface area contributed by atoms with E-state index in [1.807, 2.05) is 38.1 Å². The topological polar surface area (TPSA) is 76.0 Å². The summed E-state index contributed by atoms with van der Waals surface area (Å²) in [6, 6.07) is 7.23. The van der Waals surface area contributed by atoms with Gasteiger partial charge in [0.05, 0.1) is 12.7 Å². The maximum absolute atomic E-state index is 10.5. The summed E-state index contributed by atoms with van der Waals surface area (Å²) in [6.45, 7) is 4.29. The van der Waals surface area contributed by atoms with Crippen LogP contribution in [0.1, 0.15) is 51.2 Å². The van der Waals surface area contributed by atoms with Crippen molar-refractivity contribution in [3.63, 3.8) is 0 Å². The molecule has 1 aromatic carbocycles. The second-order valence-electron chi connectivity index (χ2n) is 6.56. The number of aromatic hydroxyl groups is 1. The van der Waals surface area contributed by atoms with Gasteiger partial charge in [-0.25, -0.2) is 0 Å². The lowest BCUT2D eigenvalue weighted by molar-refractivity contribution is -0.295. The number of aliphatic carboxylic acids is 1. The molecule has 1 aliphatic rings. The lowest BCUT2D eigenvalue weighted by Crippen LogP contribution is -2.41. The number of unbranched alkanes of at least 4 members (excludes halogenated alkanes) is 1. The van der Waals surface area contributed by atoms with Crippen LogP contribution in [0.5, 0.6) is 5.75 Å². The first kappa shape index (κ1) is 18.5. The Balaban J connectivity index is 2.00. The molecule has 2 rings (SSSR count). The van der Waals surface area contributed by atoms with Gasteiger partial charge in [0.1, 0.15) is 5.75 Å². The molecule has 0 unspecified atom stereocenters. The molecule has 0 radical (unpaired) electrons. The second kappa shape index (κ2) is 8.31. The minimum absolute atomic E-state index is 0.0991. The fourth-order valence-corrected chi connectivity index (χ4v) is 2.83. The summed E-state index contributed by atoms with van der Waals surface area (Å²) in [5.41, 5.74) is 0.776. The van der Waals surface area contributed by atoms with Crippen LogP contribution in [-0.2, 0) is 14.3 Å². The molecule has 0 bridgehead atoms. The number of phenolic OH excluding ortho intramolecular Hbond substituents is 1. The Morgan fingerprint density at radius 3 is 2.79 bits per heavy atom. The third-order valence-electron chi connectivity index (χ3n) is 4.09. The van der Waals surface area contributed by atoms with Crippen LogP contribution in [0.25, 0.3) is 0 Å². The Hall–Kier alpha value is -1.85. The molecule has 2 atom stereocenters. The Bertz CT molecular complexity index is 579. The van der Waals surface area contributed by atoms with E-state index in [1.165, 1.54) is 0 Å². The Kier molecular flexibility index (Phi) is 6.40. The maximum Gasteiger partial charge on any atom is 0.303 e. The molecule has 1 heterocycles. The number of ether oxygens (including phenoxy) is 2. The third-order valence-corrected chi connectivity index (χ3v) is 4.09. The van der Waals surface area contributed by atoms with Crippen molar-refractivity contribution < 1.29 is 24.5 Å². The predicted molar refractivity (Wildman–Crippen MR) is 90.7 cm³/mol. The van der Waals surface area contributed by atoms with Gasteiger partial charge in [0.15, 0.2) is 5.79 Å².